The van der Waals surface area contributed by atoms with Gasteiger partial charge < -0.3 is 10.2 Å². The van der Waals surface area contributed by atoms with E-state index in [1.165, 1.54) is 35.2 Å². The first-order valence-corrected chi connectivity index (χ1v) is 14.9. The fourth-order valence-electron chi connectivity index (χ4n) is 3.84. The summed E-state index contributed by atoms with van der Waals surface area (Å²) in [5.74, 6) is -1.81. The zero-order chi connectivity index (χ0) is 28.7. The maximum absolute atomic E-state index is 15.0. The molecule has 0 heterocycles. The molecule has 0 fully saturated rings. The number of carbonyl (C=O) groups is 2. The number of anilines is 1. The van der Waals surface area contributed by atoms with Gasteiger partial charge >= 0.3 is 0 Å². The van der Waals surface area contributed by atoms with E-state index >= 15 is 0 Å². The third-order valence-corrected chi connectivity index (χ3v) is 8.75. The molecular formula is C29H33BrFN3O4S. The Morgan fingerprint density at radius 1 is 0.974 bits per heavy atom. The molecule has 3 aromatic rings. The van der Waals surface area contributed by atoms with E-state index in [-0.39, 0.29) is 29.1 Å². The molecule has 0 aliphatic rings. The van der Waals surface area contributed by atoms with Gasteiger partial charge in [-0.25, -0.2) is 12.8 Å². The topological polar surface area (TPSA) is 86.8 Å². The van der Waals surface area contributed by atoms with Crippen molar-refractivity contribution in [3.63, 3.8) is 0 Å². The molecule has 0 radical (unpaired) electrons. The predicted octanol–water partition coefficient (Wildman–Crippen LogP) is 5.42. The van der Waals surface area contributed by atoms with Crippen molar-refractivity contribution in [3.05, 3.63) is 94.2 Å². The van der Waals surface area contributed by atoms with Gasteiger partial charge in [-0.3, -0.25) is 13.9 Å². The number of aryl methyl sites for hydroxylation is 1. The summed E-state index contributed by atoms with van der Waals surface area (Å²) in [6.45, 7) is 6.56. The fourth-order valence-corrected chi connectivity index (χ4v) is 5.53. The van der Waals surface area contributed by atoms with Crippen molar-refractivity contribution < 1.29 is 22.4 Å². The van der Waals surface area contributed by atoms with Crippen LogP contribution in [0.4, 0.5) is 10.1 Å². The smallest absolute Gasteiger partial charge is 0.264 e. The molecule has 39 heavy (non-hydrogen) atoms. The maximum atomic E-state index is 15.0. The summed E-state index contributed by atoms with van der Waals surface area (Å²) in [6.07, 6.45) is 0.703. The second kappa shape index (κ2) is 13.2. The van der Waals surface area contributed by atoms with E-state index in [1.54, 1.807) is 31.2 Å². The van der Waals surface area contributed by atoms with Crippen molar-refractivity contribution in [2.45, 2.75) is 57.6 Å². The number of para-hydroxylation sites is 1. The van der Waals surface area contributed by atoms with Crippen molar-refractivity contribution in [2.24, 2.45) is 0 Å². The lowest BCUT2D eigenvalue weighted by atomic mass is 10.1. The van der Waals surface area contributed by atoms with Gasteiger partial charge in [0.25, 0.3) is 10.0 Å². The molecule has 3 rings (SSSR count). The van der Waals surface area contributed by atoms with Gasteiger partial charge in [-0.05, 0) is 69.2 Å². The summed E-state index contributed by atoms with van der Waals surface area (Å²) in [6, 6.07) is 17.7. The van der Waals surface area contributed by atoms with Crippen molar-refractivity contribution in [1.82, 2.24) is 10.2 Å². The molecule has 0 aliphatic carbocycles. The molecule has 0 aromatic heterocycles. The number of hydrogen-bond acceptors (Lipinski definition) is 4. The molecule has 3 aromatic carbocycles. The van der Waals surface area contributed by atoms with Crippen LogP contribution in [0.2, 0.25) is 0 Å². The van der Waals surface area contributed by atoms with Crippen LogP contribution in [0.3, 0.4) is 0 Å². The highest BCUT2D eigenvalue weighted by Crippen LogP contribution is 2.27. The molecule has 7 nitrogen and oxygen atoms in total. The Hall–Kier alpha value is -3.24. The van der Waals surface area contributed by atoms with Crippen molar-refractivity contribution in [1.29, 1.82) is 0 Å². The third-order valence-electron chi connectivity index (χ3n) is 6.44. The molecule has 1 N–H and O–H groups in total. The van der Waals surface area contributed by atoms with E-state index in [9.17, 15) is 22.4 Å². The summed E-state index contributed by atoms with van der Waals surface area (Å²) >= 11 is 3.39. The van der Waals surface area contributed by atoms with Crippen LogP contribution >= 0.6 is 15.9 Å². The number of nitrogens with zero attached hydrogens (tertiary/aromatic N) is 2. The van der Waals surface area contributed by atoms with E-state index < -0.39 is 34.3 Å². The first kappa shape index (κ1) is 30.3. The number of rotatable bonds is 11. The summed E-state index contributed by atoms with van der Waals surface area (Å²) in [4.78, 5) is 28.2. The summed E-state index contributed by atoms with van der Waals surface area (Å²) in [5.41, 5.74) is 1.34. The highest BCUT2D eigenvalue weighted by Gasteiger charge is 2.33. The van der Waals surface area contributed by atoms with E-state index in [0.717, 1.165) is 26.0 Å². The van der Waals surface area contributed by atoms with Crippen LogP contribution in [0, 0.1) is 12.7 Å². The first-order valence-electron chi connectivity index (χ1n) is 12.6. The molecule has 0 spiro atoms. The summed E-state index contributed by atoms with van der Waals surface area (Å²) < 4.78 is 44.1. The number of hydrogen-bond donors (Lipinski definition) is 1. The Balaban J connectivity index is 2.03. The highest BCUT2D eigenvalue weighted by molar-refractivity contribution is 9.10. The largest absolute Gasteiger partial charge is 0.352 e. The first-order chi connectivity index (χ1) is 18.4. The highest BCUT2D eigenvalue weighted by atomic mass is 79.9. The zero-order valence-electron chi connectivity index (χ0n) is 22.4. The monoisotopic (exact) mass is 617 g/mol. The van der Waals surface area contributed by atoms with Crippen LogP contribution in [-0.4, -0.2) is 43.8 Å². The van der Waals surface area contributed by atoms with Crippen LogP contribution in [0.15, 0.2) is 82.2 Å². The van der Waals surface area contributed by atoms with Gasteiger partial charge in [0.1, 0.15) is 18.4 Å². The minimum Gasteiger partial charge on any atom is -0.352 e. The van der Waals surface area contributed by atoms with Crippen LogP contribution in [0.5, 0.6) is 0 Å². The molecule has 10 heteroatoms. The number of halogens is 2. The van der Waals surface area contributed by atoms with Crippen molar-refractivity contribution >= 4 is 43.5 Å². The lowest BCUT2D eigenvalue weighted by Gasteiger charge is -2.32. The maximum Gasteiger partial charge on any atom is 0.264 e. The molecular weight excluding hydrogens is 585 g/mol. The molecule has 0 bridgehead atoms. The van der Waals surface area contributed by atoms with E-state index in [2.05, 4.69) is 21.2 Å². The minimum atomic E-state index is -4.33. The average molecular weight is 619 g/mol. The van der Waals surface area contributed by atoms with Gasteiger partial charge in [-0.2, -0.15) is 0 Å². The minimum absolute atomic E-state index is 0.0525. The Bertz CT molecular complexity index is 1400. The fraction of sp³-hybridized carbons (Fsp3) is 0.310. The quantitative estimate of drug-likeness (QED) is 0.311. The molecule has 0 aliphatic heterocycles. The van der Waals surface area contributed by atoms with Gasteiger partial charge in [0.2, 0.25) is 11.8 Å². The van der Waals surface area contributed by atoms with E-state index in [4.69, 9.17) is 0 Å². The Labute approximate surface area is 238 Å². The molecule has 2 amide bonds. The average Bonchev–Trinajstić information content (AvgIpc) is 2.91. The number of amides is 2. The predicted molar refractivity (Wildman–Crippen MR) is 154 cm³/mol. The van der Waals surface area contributed by atoms with Gasteiger partial charge in [0.15, 0.2) is 0 Å². The molecule has 2 atom stereocenters. The van der Waals surface area contributed by atoms with E-state index in [1.807, 2.05) is 32.9 Å². The normalized spacial score (nSPS) is 12.9. The second-order valence-electron chi connectivity index (χ2n) is 9.42. The Kier molecular flexibility index (Phi) is 10.3. The number of carbonyl (C=O) groups excluding carboxylic acids is 2. The Morgan fingerprint density at radius 3 is 2.18 bits per heavy atom. The van der Waals surface area contributed by atoms with Crippen LogP contribution < -0.4 is 9.62 Å². The molecule has 0 unspecified atom stereocenters. The van der Waals surface area contributed by atoms with Crippen molar-refractivity contribution in [2.75, 3.05) is 10.8 Å². The SMILES string of the molecule is CC[C@@H](C)NC(=O)[C@H](C)N(Cc1ccc(Br)cc1)C(=O)CN(c1ccccc1F)S(=O)(=O)c1ccc(C)cc1. The third kappa shape index (κ3) is 7.67. The van der Waals surface area contributed by atoms with E-state index in [0.29, 0.717) is 6.42 Å². The van der Waals surface area contributed by atoms with Crippen LogP contribution in [0.25, 0.3) is 0 Å². The summed E-state index contributed by atoms with van der Waals surface area (Å²) in [5, 5.41) is 2.88. The van der Waals surface area contributed by atoms with Gasteiger partial charge in [0, 0.05) is 17.1 Å². The van der Waals surface area contributed by atoms with Gasteiger partial charge in [-0.15, -0.1) is 0 Å². The zero-order valence-corrected chi connectivity index (χ0v) is 24.8. The van der Waals surface area contributed by atoms with Crippen LogP contribution in [0.1, 0.15) is 38.3 Å². The number of nitrogens with one attached hydrogen (secondary N) is 1. The second-order valence-corrected chi connectivity index (χ2v) is 12.2. The number of benzene rings is 3. The standard InChI is InChI=1S/C29H33BrFN3O4S/c1-5-21(3)32-29(36)22(4)33(18-23-12-14-24(30)15-13-23)28(35)19-34(27-9-7-6-8-26(27)31)39(37,38)25-16-10-20(2)11-17-25/h6-17,21-22H,5,18-19H2,1-4H3,(H,32,36)/t21-,22+/m1/s1. The van der Waals surface area contributed by atoms with Crippen LogP contribution in [-0.2, 0) is 26.2 Å². The van der Waals surface area contributed by atoms with Gasteiger partial charge in [-0.1, -0.05) is 64.8 Å². The molecule has 208 valence electrons. The Morgan fingerprint density at radius 2 is 1.59 bits per heavy atom. The van der Waals surface area contributed by atoms with Crippen molar-refractivity contribution in [3.8, 4) is 0 Å². The lowest BCUT2D eigenvalue weighted by Crippen LogP contribution is -2.52. The van der Waals surface area contributed by atoms with Gasteiger partial charge in [0.05, 0.1) is 10.6 Å². The molecule has 0 saturated carbocycles. The number of sulfonamides is 1. The summed E-state index contributed by atoms with van der Waals surface area (Å²) in [7, 11) is -4.33. The lowest BCUT2D eigenvalue weighted by molar-refractivity contribution is -0.139. The molecule has 0 saturated heterocycles.